The third-order valence-corrected chi connectivity index (χ3v) is 11.7. The highest BCUT2D eigenvalue weighted by Gasteiger charge is 2.27. The highest BCUT2D eigenvalue weighted by Crippen LogP contribution is 2.31. The lowest BCUT2D eigenvalue weighted by Crippen LogP contribution is -2.28. The lowest BCUT2D eigenvalue weighted by atomic mass is 10.1. The standard InChI is InChI=1S/C38H32F2N6O6S2/c1-43(24-27-22-35(31-12-4-6-14-33(31)40)45(25-27)54(51,52)36-15-7-8-21-42-36)37(47)18-19-38(48)44(2)26-28-16-17-34(30-11-3-5-13-32(30)39)46(28)53(49,50)29-10-9-20-41-23-29/h3-23,25H,24,26H2,1-2H3/b19-18+. The summed E-state index contributed by atoms with van der Waals surface area (Å²) in [7, 11) is -5.71. The number of hydrogen-bond acceptors (Lipinski definition) is 8. The van der Waals surface area contributed by atoms with Gasteiger partial charge in [-0.15, -0.1) is 0 Å². The van der Waals surface area contributed by atoms with Crippen LogP contribution in [0.4, 0.5) is 8.78 Å². The second kappa shape index (κ2) is 15.4. The Kier molecular flexibility index (Phi) is 10.7. The highest BCUT2D eigenvalue weighted by atomic mass is 32.2. The molecule has 16 heteroatoms. The molecule has 0 fully saturated rings. The van der Waals surface area contributed by atoms with Gasteiger partial charge in [-0.1, -0.05) is 30.3 Å². The highest BCUT2D eigenvalue weighted by molar-refractivity contribution is 7.90. The first-order valence-electron chi connectivity index (χ1n) is 16.2. The van der Waals surface area contributed by atoms with Crippen LogP contribution in [0.15, 0.2) is 144 Å². The van der Waals surface area contributed by atoms with Crippen molar-refractivity contribution < 1.29 is 35.2 Å². The van der Waals surface area contributed by atoms with Gasteiger partial charge in [0.2, 0.25) is 11.8 Å². The summed E-state index contributed by atoms with van der Waals surface area (Å²) < 4.78 is 86.5. The average molecular weight is 771 g/mol. The Bertz CT molecular complexity index is 2590. The number of carbonyl (C=O) groups excluding carboxylic acids is 2. The zero-order valence-electron chi connectivity index (χ0n) is 28.8. The number of likely N-dealkylation sites (N-methyl/N-ethyl adjacent to an activating group) is 2. The molecule has 0 unspecified atom stereocenters. The van der Waals surface area contributed by atoms with E-state index in [2.05, 4.69) is 9.97 Å². The minimum absolute atomic E-state index is 0.0196. The molecule has 0 saturated heterocycles. The largest absolute Gasteiger partial charge is 0.338 e. The predicted molar refractivity (Wildman–Crippen MR) is 195 cm³/mol. The van der Waals surface area contributed by atoms with E-state index in [1.807, 2.05) is 0 Å². The molecule has 0 aliphatic rings. The maximum atomic E-state index is 14.9. The van der Waals surface area contributed by atoms with Crippen molar-refractivity contribution in [1.29, 1.82) is 0 Å². The van der Waals surface area contributed by atoms with Gasteiger partial charge in [-0.3, -0.25) is 14.6 Å². The molecule has 276 valence electrons. The van der Waals surface area contributed by atoms with Gasteiger partial charge in [-0.2, -0.15) is 8.42 Å². The Morgan fingerprint density at radius 1 is 0.704 bits per heavy atom. The van der Waals surface area contributed by atoms with E-state index in [0.29, 0.717) is 5.56 Å². The van der Waals surface area contributed by atoms with Crippen molar-refractivity contribution in [2.45, 2.75) is 23.0 Å². The fourth-order valence-corrected chi connectivity index (χ4v) is 8.49. The fourth-order valence-electron chi connectivity index (χ4n) is 5.66. The van der Waals surface area contributed by atoms with Gasteiger partial charge in [0, 0.05) is 68.7 Å². The van der Waals surface area contributed by atoms with Gasteiger partial charge in [0.25, 0.3) is 20.0 Å². The number of benzene rings is 2. The molecule has 4 aromatic heterocycles. The summed E-state index contributed by atoms with van der Waals surface area (Å²) in [5.74, 6) is -2.56. The molecule has 0 atom stereocenters. The summed E-state index contributed by atoms with van der Waals surface area (Å²) in [4.78, 5) is 36.5. The van der Waals surface area contributed by atoms with E-state index >= 15 is 0 Å². The summed E-state index contributed by atoms with van der Waals surface area (Å²) in [5, 5.41) is -0.259. The number of pyridine rings is 2. The molecule has 2 amide bonds. The quantitative estimate of drug-likeness (QED) is 0.152. The van der Waals surface area contributed by atoms with Crippen LogP contribution >= 0.6 is 0 Å². The third kappa shape index (κ3) is 7.60. The number of rotatable bonds is 12. The fraction of sp³-hybridized carbons (Fsp3) is 0.105. The SMILES string of the molecule is CN(Cc1cc(-c2ccccc2F)n(S(=O)(=O)c2ccccn2)c1)C(=O)/C=C/C(=O)N(C)Cc1ccc(-c2ccccc2F)n1S(=O)(=O)c1cccnc1. The van der Waals surface area contributed by atoms with Crippen LogP contribution in [0.3, 0.4) is 0 Å². The molecule has 0 aliphatic heterocycles. The van der Waals surface area contributed by atoms with Crippen LogP contribution in [0.1, 0.15) is 11.3 Å². The predicted octanol–water partition coefficient (Wildman–Crippen LogP) is 5.34. The number of carbonyl (C=O) groups is 2. The Hall–Kier alpha value is -6.26. The molecular formula is C38H32F2N6O6S2. The number of amides is 2. The minimum Gasteiger partial charge on any atom is -0.338 e. The van der Waals surface area contributed by atoms with Crippen molar-refractivity contribution in [2.75, 3.05) is 14.1 Å². The van der Waals surface area contributed by atoms with E-state index < -0.39 is 43.5 Å². The molecule has 12 nitrogen and oxygen atoms in total. The first kappa shape index (κ1) is 37.5. The lowest BCUT2D eigenvalue weighted by Gasteiger charge is -2.19. The number of aromatic nitrogens is 4. The van der Waals surface area contributed by atoms with Gasteiger partial charge in [0.05, 0.1) is 23.6 Å². The Labute approximate surface area is 310 Å². The molecule has 0 radical (unpaired) electrons. The number of nitrogens with zero attached hydrogens (tertiary/aromatic N) is 6. The van der Waals surface area contributed by atoms with E-state index in [4.69, 9.17) is 0 Å². The first-order chi connectivity index (χ1) is 25.8. The molecule has 0 spiro atoms. The third-order valence-electron chi connectivity index (χ3n) is 8.33. The van der Waals surface area contributed by atoms with Gasteiger partial charge in [-0.25, -0.2) is 30.1 Å². The van der Waals surface area contributed by atoms with Crippen LogP contribution in [0.25, 0.3) is 22.5 Å². The molecule has 0 saturated carbocycles. The second-order valence-corrected chi connectivity index (χ2v) is 15.6. The average Bonchev–Trinajstić information content (AvgIpc) is 3.80. The van der Waals surface area contributed by atoms with E-state index in [-0.39, 0.29) is 51.2 Å². The van der Waals surface area contributed by atoms with E-state index in [1.54, 1.807) is 18.2 Å². The van der Waals surface area contributed by atoms with E-state index in [0.717, 1.165) is 20.1 Å². The summed E-state index contributed by atoms with van der Waals surface area (Å²) in [5.41, 5.74) is 0.605. The summed E-state index contributed by atoms with van der Waals surface area (Å²) in [6, 6.07) is 22.9. The van der Waals surface area contributed by atoms with Crippen molar-refractivity contribution in [3.05, 3.63) is 157 Å². The summed E-state index contributed by atoms with van der Waals surface area (Å²) in [6.45, 7) is -0.351. The minimum atomic E-state index is -4.30. The number of halogens is 2. The van der Waals surface area contributed by atoms with Crippen LogP contribution in [0, 0.1) is 11.6 Å². The van der Waals surface area contributed by atoms with Crippen molar-refractivity contribution >= 4 is 31.9 Å². The first-order valence-corrected chi connectivity index (χ1v) is 19.1. The molecule has 0 aliphatic carbocycles. The van der Waals surface area contributed by atoms with Crippen LogP contribution in [0.2, 0.25) is 0 Å². The van der Waals surface area contributed by atoms with Crippen molar-refractivity contribution in [3.8, 4) is 22.5 Å². The number of hydrogen-bond donors (Lipinski definition) is 0. The zero-order chi connectivity index (χ0) is 38.6. The van der Waals surface area contributed by atoms with Crippen LogP contribution in [-0.4, -0.2) is 70.5 Å². The topological polar surface area (TPSA) is 145 Å². The van der Waals surface area contributed by atoms with E-state index in [1.165, 1.54) is 128 Å². The molecular weight excluding hydrogens is 739 g/mol. The Balaban J connectivity index is 1.22. The van der Waals surface area contributed by atoms with Gasteiger partial charge >= 0.3 is 0 Å². The molecule has 6 aromatic rings. The molecule has 0 bridgehead atoms. The lowest BCUT2D eigenvalue weighted by molar-refractivity contribution is -0.127. The van der Waals surface area contributed by atoms with Crippen LogP contribution < -0.4 is 0 Å². The molecule has 6 rings (SSSR count). The maximum absolute atomic E-state index is 14.9. The summed E-state index contributed by atoms with van der Waals surface area (Å²) >= 11 is 0. The van der Waals surface area contributed by atoms with Crippen molar-refractivity contribution in [1.82, 2.24) is 27.7 Å². The Morgan fingerprint density at radius 2 is 1.31 bits per heavy atom. The monoisotopic (exact) mass is 770 g/mol. The van der Waals surface area contributed by atoms with Crippen LogP contribution in [-0.2, 0) is 42.7 Å². The van der Waals surface area contributed by atoms with Gasteiger partial charge in [0.15, 0.2) is 5.03 Å². The normalized spacial score (nSPS) is 11.9. The summed E-state index contributed by atoms with van der Waals surface area (Å²) in [6.07, 6.45) is 7.22. The zero-order valence-corrected chi connectivity index (χ0v) is 30.5. The van der Waals surface area contributed by atoms with Crippen molar-refractivity contribution in [2.24, 2.45) is 0 Å². The van der Waals surface area contributed by atoms with Crippen LogP contribution in [0.5, 0.6) is 0 Å². The molecule has 4 heterocycles. The Morgan fingerprint density at radius 3 is 1.91 bits per heavy atom. The van der Waals surface area contributed by atoms with Gasteiger partial charge in [0.1, 0.15) is 16.5 Å². The van der Waals surface area contributed by atoms with Gasteiger partial charge in [-0.05, 0) is 72.3 Å². The smallest absolute Gasteiger partial charge is 0.285 e. The van der Waals surface area contributed by atoms with Crippen molar-refractivity contribution in [3.63, 3.8) is 0 Å². The molecule has 2 aromatic carbocycles. The molecule has 0 N–H and O–H groups in total. The maximum Gasteiger partial charge on any atom is 0.285 e. The van der Waals surface area contributed by atoms with E-state index in [9.17, 15) is 35.2 Å². The van der Waals surface area contributed by atoms with Gasteiger partial charge < -0.3 is 9.80 Å². The molecule has 54 heavy (non-hydrogen) atoms. The second-order valence-electron chi connectivity index (χ2n) is 12.1.